The van der Waals surface area contributed by atoms with Crippen LogP contribution in [0.3, 0.4) is 0 Å². The molecule has 24 heavy (non-hydrogen) atoms. The lowest BCUT2D eigenvalue weighted by Gasteiger charge is -2.13. The van der Waals surface area contributed by atoms with Gasteiger partial charge in [0.15, 0.2) is 5.75 Å². The molecule has 1 aromatic heterocycles. The highest BCUT2D eigenvalue weighted by molar-refractivity contribution is 5.67. The second-order valence-electron chi connectivity index (χ2n) is 5.35. The Hall–Kier alpha value is -3.18. The third-order valence-electron chi connectivity index (χ3n) is 3.93. The molecule has 0 amide bonds. The number of ether oxygens (including phenoxy) is 1. The summed E-state index contributed by atoms with van der Waals surface area (Å²) >= 11 is 0. The van der Waals surface area contributed by atoms with Gasteiger partial charge in [-0.15, -0.1) is 0 Å². The minimum atomic E-state index is -0.595. The van der Waals surface area contributed by atoms with Gasteiger partial charge in [0.2, 0.25) is 11.8 Å². The Balaban J connectivity index is 2.14. The van der Waals surface area contributed by atoms with Crippen molar-refractivity contribution in [3.8, 4) is 11.6 Å². The van der Waals surface area contributed by atoms with E-state index in [9.17, 15) is 14.7 Å². The molecule has 2 aromatic rings. The zero-order valence-corrected chi connectivity index (χ0v) is 13.6. The maximum Gasteiger partial charge on any atom is 0.333 e. The first kappa shape index (κ1) is 15.7. The van der Waals surface area contributed by atoms with Gasteiger partial charge < -0.3 is 14.7 Å². The van der Waals surface area contributed by atoms with Crippen LogP contribution in [0.2, 0.25) is 0 Å². The minimum absolute atomic E-state index is 0.0253. The van der Waals surface area contributed by atoms with Crippen LogP contribution in [0.15, 0.2) is 45.5 Å². The van der Waals surface area contributed by atoms with E-state index < -0.39 is 17.1 Å². The largest absolute Gasteiger partial charge is 0.494 e. The molecule has 1 aromatic carbocycles. The van der Waals surface area contributed by atoms with E-state index >= 15 is 0 Å². The Kier molecular flexibility index (Phi) is 3.79. The van der Waals surface area contributed by atoms with Crippen LogP contribution in [0.1, 0.15) is 12.5 Å². The van der Waals surface area contributed by atoms with Crippen molar-refractivity contribution >= 4 is 11.8 Å². The summed E-state index contributed by atoms with van der Waals surface area (Å²) in [6, 6.07) is 7.55. The summed E-state index contributed by atoms with van der Waals surface area (Å²) in [5.41, 5.74) is 2.60. The van der Waals surface area contributed by atoms with E-state index in [2.05, 4.69) is 5.73 Å². The van der Waals surface area contributed by atoms with Crippen LogP contribution in [-0.4, -0.2) is 20.8 Å². The fourth-order valence-corrected chi connectivity index (χ4v) is 2.58. The quantitative estimate of drug-likeness (QED) is 0.838. The molecule has 3 rings (SSSR count). The highest BCUT2D eigenvalue weighted by atomic mass is 16.5. The summed E-state index contributed by atoms with van der Waals surface area (Å²) in [5, 5.41) is 10.1. The lowest BCUT2D eigenvalue weighted by molar-refractivity contribution is 0.410. The SMILES string of the molecule is CCN1C(=C=Cc2c(O)n(C)c(=O)n(C)c2=O)Oc2ccccc21. The number of hydrogen-bond donors (Lipinski definition) is 1. The van der Waals surface area contributed by atoms with Crippen LogP contribution < -0.4 is 20.9 Å². The van der Waals surface area contributed by atoms with E-state index in [0.717, 1.165) is 14.8 Å². The summed E-state index contributed by atoms with van der Waals surface area (Å²) in [7, 11) is 2.75. The number of hydrogen-bond acceptors (Lipinski definition) is 5. The molecule has 0 spiro atoms. The molecule has 0 unspecified atom stereocenters. The zero-order valence-electron chi connectivity index (χ0n) is 13.6. The fraction of sp³-hybridized carbons (Fsp3) is 0.235. The molecular formula is C17H17N3O4. The zero-order chi connectivity index (χ0) is 17.4. The van der Waals surface area contributed by atoms with Crippen molar-refractivity contribution in [2.45, 2.75) is 6.92 Å². The summed E-state index contributed by atoms with van der Waals surface area (Å²) in [4.78, 5) is 25.9. The molecule has 0 radical (unpaired) electrons. The highest BCUT2D eigenvalue weighted by Gasteiger charge is 2.24. The Morgan fingerprint density at radius 1 is 1.21 bits per heavy atom. The predicted octanol–water partition coefficient (Wildman–Crippen LogP) is 1.16. The number of aromatic nitrogens is 2. The molecule has 7 nitrogen and oxygen atoms in total. The second-order valence-corrected chi connectivity index (χ2v) is 5.35. The molecule has 1 aliphatic heterocycles. The van der Waals surface area contributed by atoms with Gasteiger partial charge in [-0.25, -0.2) is 4.79 Å². The lowest BCUT2D eigenvalue weighted by Crippen LogP contribution is -2.37. The Labute approximate surface area is 138 Å². The van der Waals surface area contributed by atoms with Crippen molar-refractivity contribution in [1.29, 1.82) is 0 Å². The molecule has 0 bridgehead atoms. The van der Waals surface area contributed by atoms with E-state index in [1.54, 1.807) is 0 Å². The van der Waals surface area contributed by atoms with E-state index in [4.69, 9.17) is 4.74 Å². The van der Waals surface area contributed by atoms with Crippen molar-refractivity contribution < 1.29 is 9.84 Å². The van der Waals surface area contributed by atoms with E-state index in [1.807, 2.05) is 36.1 Å². The van der Waals surface area contributed by atoms with Gasteiger partial charge in [-0.2, -0.15) is 0 Å². The average Bonchev–Trinajstić information content (AvgIpc) is 2.95. The highest BCUT2D eigenvalue weighted by Crippen LogP contribution is 2.37. The summed E-state index contributed by atoms with van der Waals surface area (Å²) in [5.74, 6) is 0.719. The number of anilines is 1. The van der Waals surface area contributed by atoms with Gasteiger partial charge >= 0.3 is 5.69 Å². The standard InChI is InChI=1S/C17H17N3O4/c1-4-20-12-7-5-6-8-13(12)24-14(20)10-9-11-15(21)18(2)17(23)19(3)16(11)22/h5-9,21H,4H2,1-3H3. The Morgan fingerprint density at radius 3 is 2.62 bits per heavy atom. The van der Waals surface area contributed by atoms with Gasteiger partial charge in [-0.05, 0) is 19.1 Å². The number of aromatic hydroxyl groups is 1. The van der Waals surface area contributed by atoms with Gasteiger partial charge in [-0.3, -0.25) is 13.9 Å². The van der Waals surface area contributed by atoms with E-state index in [-0.39, 0.29) is 5.56 Å². The third-order valence-corrected chi connectivity index (χ3v) is 3.93. The van der Waals surface area contributed by atoms with Crippen molar-refractivity contribution in [3.63, 3.8) is 0 Å². The summed E-state index contributed by atoms with van der Waals surface area (Å²) < 4.78 is 7.67. The average molecular weight is 327 g/mol. The fourth-order valence-electron chi connectivity index (χ4n) is 2.58. The molecule has 0 saturated carbocycles. The van der Waals surface area contributed by atoms with Crippen LogP contribution in [0.5, 0.6) is 11.6 Å². The molecule has 0 atom stereocenters. The Bertz CT molecular complexity index is 994. The van der Waals surface area contributed by atoms with Crippen molar-refractivity contribution in [2.24, 2.45) is 14.1 Å². The lowest BCUT2D eigenvalue weighted by atomic mass is 10.3. The smallest absolute Gasteiger partial charge is 0.333 e. The molecule has 0 saturated heterocycles. The normalized spacial score (nSPS) is 12.6. The molecule has 2 heterocycles. The topological polar surface area (TPSA) is 76.7 Å². The first-order valence-corrected chi connectivity index (χ1v) is 7.45. The van der Waals surface area contributed by atoms with Crippen molar-refractivity contribution in [3.05, 3.63) is 62.3 Å². The predicted molar refractivity (Wildman–Crippen MR) is 90.2 cm³/mol. The molecule has 124 valence electrons. The second kappa shape index (κ2) is 5.79. The molecule has 1 aliphatic rings. The van der Waals surface area contributed by atoms with Gasteiger partial charge in [0.1, 0.15) is 5.56 Å². The minimum Gasteiger partial charge on any atom is -0.494 e. The molecule has 7 heteroatoms. The van der Waals surface area contributed by atoms with Crippen LogP contribution >= 0.6 is 0 Å². The van der Waals surface area contributed by atoms with Crippen LogP contribution in [0.4, 0.5) is 5.69 Å². The molecular weight excluding hydrogens is 310 g/mol. The van der Waals surface area contributed by atoms with Gasteiger partial charge in [0.25, 0.3) is 5.56 Å². The third kappa shape index (κ3) is 2.31. The van der Waals surface area contributed by atoms with Gasteiger partial charge in [0.05, 0.1) is 5.69 Å². The van der Waals surface area contributed by atoms with Crippen LogP contribution in [0.25, 0.3) is 6.08 Å². The van der Waals surface area contributed by atoms with Gasteiger partial charge in [-0.1, -0.05) is 17.9 Å². The number of rotatable bonds is 2. The maximum absolute atomic E-state index is 12.2. The molecule has 0 fully saturated rings. The van der Waals surface area contributed by atoms with E-state index in [0.29, 0.717) is 18.2 Å². The van der Waals surface area contributed by atoms with Crippen LogP contribution in [-0.2, 0) is 14.1 Å². The number of nitrogens with zero attached hydrogens (tertiary/aromatic N) is 3. The van der Waals surface area contributed by atoms with Crippen molar-refractivity contribution in [1.82, 2.24) is 9.13 Å². The van der Waals surface area contributed by atoms with Crippen molar-refractivity contribution in [2.75, 3.05) is 11.4 Å². The van der Waals surface area contributed by atoms with Crippen LogP contribution in [0, 0.1) is 0 Å². The maximum atomic E-state index is 12.2. The Morgan fingerprint density at radius 2 is 1.92 bits per heavy atom. The monoisotopic (exact) mass is 327 g/mol. The molecule has 0 aliphatic carbocycles. The first-order chi connectivity index (χ1) is 11.5. The number of para-hydroxylation sites is 2. The summed E-state index contributed by atoms with van der Waals surface area (Å²) in [6.07, 6.45) is 1.33. The van der Waals surface area contributed by atoms with Gasteiger partial charge in [0, 0.05) is 26.7 Å². The molecule has 1 N–H and O–H groups in total. The number of fused-ring (bicyclic) bond motifs is 1. The number of benzene rings is 1. The van der Waals surface area contributed by atoms with E-state index in [1.165, 1.54) is 20.2 Å². The summed E-state index contributed by atoms with van der Waals surface area (Å²) in [6.45, 7) is 2.63. The first-order valence-electron chi connectivity index (χ1n) is 7.45.